The lowest BCUT2D eigenvalue weighted by Crippen LogP contribution is -2.10. The first-order chi connectivity index (χ1) is 7.85. The third-order valence-electron chi connectivity index (χ3n) is 3.14. The van der Waals surface area contributed by atoms with Gasteiger partial charge < -0.3 is 5.32 Å². The van der Waals surface area contributed by atoms with Crippen LogP contribution in [0.3, 0.4) is 0 Å². The van der Waals surface area contributed by atoms with Crippen molar-refractivity contribution in [1.29, 1.82) is 0 Å². The Kier molecular flexibility index (Phi) is 2.17. The second-order valence-corrected chi connectivity index (χ2v) is 4.87. The molecule has 3 rings (SSSR count). The van der Waals surface area contributed by atoms with Crippen molar-refractivity contribution >= 4 is 16.7 Å². The topological polar surface area (TPSA) is 37.8 Å². The van der Waals surface area contributed by atoms with Gasteiger partial charge in [-0.2, -0.15) is 4.37 Å². The molecule has 1 N–H and O–H groups in total. The Hall–Kier alpha value is -1.42. The number of hydrogen-bond acceptors (Lipinski definition) is 4. The van der Waals surface area contributed by atoms with Crippen LogP contribution in [-0.4, -0.2) is 16.4 Å². The van der Waals surface area contributed by atoms with Crippen molar-refractivity contribution in [2.75, 3.05) is 12.4 Å². The number of rotatable bonds is 3. The van der Waals surface area contributed by atoms with E-state index in [4.69, 9.17) is 0 Å². The molecule has 1 fully saturated rings. The maximum atomic E-state index is 4.54. The van der Waals surface area contributed by atoms with Crippen LogP contribution in [0.2, 0.25) is 0 Å². The van der Waals surface area contributed by atoms with E-state index in [0.29, 0.717) is 0 Å². The van der Waals surface area contributed by atoms with Gasteiger partial charge in [-0.3, -0.25) is 0 Å². The molecule has 0 spiro atoms. The van der Waals surface area contributed by atoms with E-state index in [0.717, 1.165) is 23.8 Å². The van der Waals surface area contributed by atoms with Crippen LogP contribution in [0.5, 0.6) is 0 Å². The molecule has 4 heteroatoms. The summed E-state index contributed by atoms with van der Waals surface area (Å²) >= 11 is 1.44. The van der Waals surface area contributed by atoms with E-state index in [1.165, 1.54) is 17.1 Å². The third-order valence-corrected chi connectivity index (χ3v) is 3.88. The molecule has 0 saturated heterocycles. The van der Waals surface area contributed by atoms with Gasteiger partial charge in [-0.05, 0) is 18.4 Å². The summed E-state index contributed by atoms with van der Waals surface area (Å²) in [6, 6.07) is 10.6. The molecule has 0 bridgehead atoms. The van der Waals surface area contributed by atoms with Crippen molar-refractivity contribution in [3.8, 4) is 0 Å². The predicted octanol–water partition coefficient (Wildman–Crippen LogP) is 2.66. The summed E-state index contributed by atoms with van der Waals surface area (Å²) in [7, 11) is 1.88. The van der Waals surface area contributed by atoms with Gasteiger partial charge in [0.05, 0.1) is 5.41 Å². The van der Waals surface area contributed by atoms with Gasteiger partial charge in [-0.1, -0.05) is 30.3 Å². The largest absolute Gasteiger partial charge is 0.363 e. The van der Waals surface area contributed by atoms with Gasteiger partial charge >= 0.3 is 0 Å². The zero-order valence-electron chi connectivity index (χ0n) is 9.10. The monoisotopic (exact) mass is 231 g/mol. The molecule has 0 atom stereocenters. The Morgan fingerprint density at radius 1 is 1.25 bits per heavy atom. The average molecular weight is 231 g/mol. The predicted molar refractivity (Wildman–Crippen MR) is 65.9 cm³/mol. The van der Waals surface area contributed by atoms with Crippen LogP contribution >= 0.6 is 11.5 Å². The minimum Gasteiger partial charge on any atom is -0.363 e. The molecule has 82 valence electrons. The number of nitrogens with one attached hydrogen (secondary N) is 1. The van der Waals surface area contributed by atoms with Crippen LogP contribution in [0.1, 0.15) is 24.2 Å². The van der Waals surface area contributed by atoms with E-state index >= 15 is 0 Å². The van der Waals surface area contributed by atoms with E-state index in [2.05, 4.69) is 38.9 Å². The normalized spacial score (nSPS) is 17.1. The van der Waals surface area contributed by atoms with Crippen molar-refractivity contribution in [2.45, 2.75) is 18.3 Å². The summed E-state index contributed by atoms with van der Waals surface area (Å²) < 4.78 is 4.47. The molecule has 1 heterocycles. The van der Waals surface area contributed by atoms with E-state index in [1.807, 2.05) is 13.1 Å². The van der Waals surface area contributed by atoms with Crippen LogP contribution in [0.4, 0.5) is 5.13 Å². The maximum absolute atomic E-state index is 4.54. The van der Waals surface area contributed by atoms with E-state index in [-0.39, 0.29) is 5.41 Å². The van der Waals surface area contributed by atoms with Crippen LogP contribution in [0, 0.1) is 0 Å². The van der Waals surface area contributed by atoms with Gasteiger partial charge in [0.15, 0.2) is 5.82 Å². The highest BCUT2D eigenvalue weighted by Gasteiger charge is 2.49. The molecule has 16 heavy (non-hydrogen) atoms. The number of benzene rings is 1. The summed E-state index contributed by atoms with van der Waals surface area (Å²) in [5, 5.41) is 3.94. The Bertz CT molecular complexity index is 488. The van der Waals surface area contributed by atoms with Gasteiger partial charge in [0.2, 0.25) is 5.13 Å². The van der Waals surface area contributed by atoms with Crippen molar-refractivity contribution in [3.05, 3.63) is 41.7 Å². The fourth-order valence-electron chi connectivity index (χ4n) is 2.04. The first-order valence-corrected chi connectivity index (χ1v) is 6.20. The van der Waals surface area contributed by atoms with Crippen LogP contribution in [0.15, 0.2) is 30.3 Å². The lowest BCUT2D eigenvalue weighted by Gasteiger charge is -2.10. The molecule has 1 aromatic carbocycles. The van der Waals surface area contributed by atoms with Crippen LogP contribution < -0.4 is 5.32 Å². The van der Waals surface area contributed by atoms with Gasteiger partial charge in [0.25, 0.3) is 0 Å². The molecule has 1 saturated carbocycles. The highest BCUT2D eigenvalue weighted by atomic mass is 32.1. The Labute approximate surface area is 98.7 Å². The third kappa shape index (κ3) is 1.41. The Morgan fingerprint density at radius 3 is 2.56 bits per heavy atom. The fraction of sp³-hybridized carbons (Fsp3) is 0.333. The first-order valence-electron chi connectivity index (χ1n) is 5.43. The molecular formula is C12H13N3S. The second kappa shape index (κ2) is 3.56. The minimum atomic E-state index is 0.104. The summed E-state index contributed by atoms with van der Waals surface area (Å²) in [6.45, 7) is 0. The number of nitrogens with zero attached hydrogens (tertiary/aromatic N) is 2. The molecule has 1 aliphatic rings. The molecule has 3 nitrogen and oxygen atoms in total. The molecule has 0 amide bonds. The summed E-state index contributed by atoms with van der Waals surface area (Å²) in [5.41, 5.74) is 1.45. The van der Waals surface area contributed by atoms with Gasteiger partial charge in [0, 0.05) is 18.6 Å². The van der Waals surface area contributed by atoms with E-state index in [1.54, 1.807) is 0 Å². The maximum Gasteiger partial charge on any atom is 0.202 e. The van der Waals surface area contributed by atoms with Gasteiger partial charge in [0.1, 0.15) is 0 Å². The molecule has 2 aromatic rings. The summed E-state index contributed by atoms with van der Waals surface area (Å²) in [6.07, 6.45) is 2.33. The SMILES string of the molecule is CNc1nc(C2(c3ccccc3)CC2)ns1. The number of anilines is 1. The molecule has 0 unspecified atom stereocenters. The second-order valence-electron chi connectivity index (χ2n) is 4.12. The zero-order chi connectivity index (χ0) is 11.0. The van der Waals surface area contributed by atoms with Gasteiger partial charge in [-0.25, -0.2) is 4.98 Å². The highest BCUT2D eigenvalue weighted by Crippen LogP contribution is 2.52. The average Bonchev–Trinajstić information content (AvgIpc) is 3.02. The van der Waals surface area contributed by atoms with Crippen molar-refractivity contribution in [3.63, 3.8) is 0 Å². The molecule has 0 radical (unpaired) electrons. The summed E-state index contributed by atoms with van der Waals surface area (Å²) in [4.78, 5) is 4.54. The molecule has 0 aliphatic heterocycles. The Balaban J connectivity index is 2.00. The minimum absolute atomic E-state index is 0.104. The van der Waals surface area contributed by atoms with Crippen molar-refractivity contribution in [1.82, 2.24) is 9.36 Å². The van der Waals surface area contributed by atoms with Crippen LogP contribution in [-0.2, 0) is 5.41 Å². The zero-order valence-corrected chi connectivity index (χ0v) is 9.92. The van der Waals surface area contributed by atoms with Crippen molar-refractivity contribution in [2.24, 2.45) is 0 Å². The number of hydrogen-bond donors (Lipinski definition) is 1. The van der Waals surface area contributed by atoms with E-state index in [9.17, 15) is 0 Å². The molecule has 1 aliphatic carbocycles. The quantitative estimate of drug-likeness (QED) is 0.882. The standard InChI is InChI=1S/C12H13N3S/c1-13-11-14-10(15-16-11)12(7-8-12)9-5-3-2-4-6-9/h2-6H,7-8H2,1H3,(H,13,14,15). The molecule has 1 aromatic heterocycles. The highest BCUT2D eigenvalue weighted by molar-refractivity contribution is 7.09. The lowest BCUT2D eigenvalue weighted by atomic mass is 9.95. The fourth-order valence-corrected chi connectivity index (χ4v) is 2.65. The van der Waals surface area contributed by atoms with Crippen molar-refractivity contribution < 1.29 is 0 Å². The summed E-state index contributed by atoms with van der Waals surface area (Å²) in [5.74, 6) is 0.980. The van der Waals surface area contributed by atoms with E-state index < -0.39 is 0 Å². The van der Waals surface area contributed by atoms with Crippen LogP contribution in [0.25, 0.3) is 0 Å². The number of aromatic nitrogens is 2. The molecular weight excluding hydrogens is 218 g/mol. The Morgan fingerprint density at radius 2 is 2.00 bits per heavy atom. The lowest BCUT2D eigenvalue weighted by molar-refractivity contribution is 0.780. The first kappa shape index (κ1) is 9.78. The van der Waals surface area contributed by atoms with Gasteiger partial charge in [-0.15, -0.1) is 0 Å². The smallest absolute Gasteiger partial charge is 0.202 e.